The monoisotopic (exact) mass is 797 g/mol. The molecular weight excluding hydrogens is 747 g/mol. The standard InChI is InChI=1S/C61H51N/c1-41-19-18-26-45(37-41)62(47-31-33-50-49-28-14-15-30-56(49)61(57(50)39-47)35-16-5-17-36-61)46-32-34-52-55(38-46)48-27-12-13-29-51(48)59-54(43-22-8-3-9-23-43)40-53(42-20-6-2-7-21-42)58(60(52)59)44-24-10-4-11-25-44/h2-4,6-10,12-15,18-24,26-34,37,39-40,46H,5,11,16-17,25,35-36,38H2,1H3. The number of rotatable bonds is 6. The summed E-state index contributed by atoms with van der Waals surface area (Å²) in [6.07, 6.45) is 21.4. The van der Waals surface area contributed by atoms with Gasteiger partial charge in [0.05, 0.1) is 6.04 Å². The van der Waals surface area contributed by atoms with Crippen LogP contribution in [-0.4, -0.2) is 6.04 Å². The van der Waals surface area contributed by atoms with Gasteiger partial charge in [-0.05, 0) is 163 Å². The Morgan fingerprint density at radius 1 is 0.565 bits per heavy atom. The maximum absolute atomic E-state index is 2.66. The van der Waals surface area contributed by atoms with Crippen molar-refractivity contribution in [3.05, 3.63) is 215 Å². The van der Waals surface area contributed by atoms with E-state index in [1.54, 1.807) is 5.56 Å². The van der Waals surface area contributed by atoms with Gasteiger partial charge in [-0.2, -0.15) is 0 Å². The van der Waals surface area contributed by atoms with Gasteiger partial charge in [0.1, 0.15) is 0 Å². The minimum absolute atomic E-state index is 0.0922. The molecule has 1 fully saturated rings. The van der Waals surface area contributed by atoms with Gasteiger partial charge >= 0.3 is 0 Å². The summed E-state index contributed by atoms with van der Waals surface area (Å²) in [6, 6.07) is 60.0. The van der Waals surface area contributed by atoms with Crippen LogP contribution in [0.4, 0.5) is 11.4 Å². The van der Waals surface area contributed by atoms with Gasteiger partial charge in [0.25, 0.3) is 0 Å². The fourth-order valence-corrected chi connectivity index (χ4v) is 12.0. The Balaban J connectivity index is 1.11. The van der Waals surface area contributed by atoms with Crippen LogP contribution in [0.5, 0.6) is 0 Å². The molecule has 0 radical (unpaired) electrons. The van der Waals surface area contributed by atoms with Crippen molar-refractivity contribution < 1.29 is 0 Å². The van der Waals surface area contributed by atoms with E-state index in [9.17, 15) is 0 Å². The van der Waals surface area contributed by atoms with Gasteiger partial charge in [-0.25, -0.2) is 0 Å². The van der Waals surface area contributed by atoms with Crippen molar-refractivity contribution in [3.63, 3.8) is 0 Å². The first-order valence-corrected chi connectivity index (χ1v) is 23.0. The van der Waals surface area contributed by atoms with Gasteiger partial charge in [-0.15, -0.1) is 0 Å². The largest absolute Gasteiger partial charge is 0.334 e. The molecule has 0 heterocycles. The van der Waals surface area contributed by atoms with Crippen molar-refractivity contribution in [1.29, 1.82) is 0 Å². The smallest absolute Gasteiger partial charge is 0.0566 e. The van der Waals surface area contributed by atoms with Crippen molar-refractivity contribution in [1.82, 2.24) is 0 Å². The Labute approximate surface area is 366 Å². The molecule has 1 spiro atoms. The van der Waals surface area contributed by atoms with Gasteiger partial charge in [0, 0.05) is 16.8 Å². The van der Waals surface area contributed by atoms with Gasteiger partial charge in [0.2, 0.25) is 0 Å². The van der Waals surface area contributed by atoms with E-state index in [4.69, 9.17) is 0 Å². The first-order valence-electron chi connectivity index (χ1n) is 23.0. The summed E-state index contributed by atoms with van der Waals surface area (Å²) < 4.78 is 0. The molecule has 8 aromatic carbocycles. The number of fused-ring (bicyclic) bond motifs is 11. The second-order valence-electron chi connectivity index (χ2n) is 18.2. The molecule has 1 atom stereocenters. The van der Waals surface area contributed by atoms with Gasteiger partial charge in [0.15, 0.2) is 0 Å². The molecule has 1 unspecified atom stereocenters. The van der Waals surface area contributed by atoms with Gasteiger partial charge < -0.3 is 4.90 Å². The molecule has 0 bridgehead atoms. The molecule has 62 heavy (non-hydrogen) atoms. The van der Waals surface area contributed by atoms with Gasteiger partial charge in [-0.3, -0.25) is 0 Å². The summed E-state index contributed by atoms with van der Waals surface area (Å²) in [5.74, 6) is 0. The van der Waals surface area contributed by atoms with Crippen LogP contribution in [0.15, 0.2) is 182 Å². The highest BCUT2D eigenvalue weighted by molar-refractivity contribution is 6.23. The lowest BCUT2D eigenvalue weighted by molar-refractivity contribution is 0.353. The Hall–Kier alpha value is -6.70. The number of anilines is 2. The molecule has 8 aromatic rings. The molecule has 300 valence electrons. The summed E-state index contributed by atoms with van der Waals surface area (Å²) >= 11 is 0. The quantitative estimate of drug-likeness (QED) is 0.152. The maximum atomic E-state index is 2.66. The lowest BCUT2D eigenvalue weighted by Crippen LogP contribution is -2.34. The summed E-state index contributed by atoms with van der Waals surface area (Å²) in [4.78, 5) is 2.66. The topological polar surface area (TPSA) is 3.24 Å². The number of hydrogen-bond donors (Lipinski definition) is 0. The second-order valence-corrected chi connectivity index (χ2v) is 18.2. The van der Waals surface area contributed by atoms with Crippen LogP contribution in [0, 0.1) is 6.92 Å². The molecule has 4 aliphatic carbocycles. The average molecular weight is 798 g/mol. The normalized spacial score (nSPS) is 17.2. The molecule has 0 saturated heterocycles. The van der Waals surface area contributed by atoms with E-state index >= 15 is 0 Å². The highest BCUT2D eigenvalue weighted by Gasteiger charge is 2.44. The van der Waals surface area contributed by atoms with Crippen LogP contribution in [0.3, 0.4) is 0 Å². The van der Waals surface area contributed by atoms with Crippen LogP contribution < -0.4 is 4.90 Å². The van der Waals surface area contributed by atoms with E-state index in [0.29, 0.717) is 0 Å². The molecular formula is C61H51N. The highest BCUT2D eigenvalue weighted by atomic mass is 15.2. The van der Waals surface area contributed by atoms with Crippen LogP contribution >= 0.6 is 0 Å². The fraction of sp³-hybridized carbons (Fsp3) is 0.180. The predicted octanol–water partition coefficient (Wildman–Crippen LogP) is 16.4. The lowest BCUT2D eigenvalue weighted by atomic mass is 9.68. The first kappa shape index (κ1) is 37.1. The molecule has 1 heteroatoms. The van der Waals surface area contributed by atoms with Crippen molar-refractivity contribution >= 4 is 44.6 Å². The Kier molecular flexibility index (Phi) is 8.99. The SMILES string of the molecule is Cc1cccc(N(c2ccc3c(c2)C2(CCCCC2)c2ccccc2-3)C2C=Cc3c(c4ccccc4c4c(-c5ccccc5)cc(-c5ccccc5)c(C5=CC=CCC5)c34)C2)c1. The number of aryl methyl sites for hydroxylation is 1. The van der Waals surface area contributed by atoms with Crippen LogP contribution in [0.1, 0.15) is 78.3 Å². The van der Waals surface area contributed by atoms with Crippen LogP contribution in [0.2, 0.25) is 0 Å². The summed E-state index contributed by atoms with van der Waals surface area (Å²) in [5.41, 5.74) is 20.6. The zero-order valence-electron chi connectivity index (χ0n) is 35.6. The summed E-state index contributed by atoms with van der Waals surface area (Å²) in [6.45, 7) is 2.23. The van der Waals surface area contributed by atoms with Crippen molar-refractivity contribution in [2.45, 2.75) is 69.7 Å². The third-order valence-corrected chi connectivity index (χ3v) is 14.7. The minimum atomic E-state index is 0.0922. The number of hydrogen-bond acceptors (Lipinski definition) is 1. The van der Waals surface area contributed by atoms with E-state index in [0.717, 1.165) is 19.3 Å². The summed E-state index contributed by atoms with van der Waals surface area (Å²) in [7, 11) is 0. The Bertz CT molecular complexity index is 3140. The van der Waals surface area contributed by atoms with Crippen LogP contribution in [0.25, 0.3) is 66.6 Å². The average Bonchev–Trinajstić information content (AvgIpc) is 3.59. The first-order chi connectivity index (χ1) is 30.7. The molecule has 1 saturated carbocycles. The van der Waals surface area contributed by atoms with E-state index in [-0.39, 0.29) is 11.5 Å². The number of nitrogens with zero attached hydrogens (tertiary/aromatic N) is 1. The predicted molar refractivity (Wildman–Crippen MR) is 264 cm³/mol. The minimum Gasteiger partial charge on any atom is -0.334 e. The van der Waals surface area contributed by atoms with Gasteiger partial charge in [-0.1, -0.05) is 177 Å². The lowest BCUT2D eigenvalue weighted by Gasteiger charge is -2.38. The molecule has 12 rings (SSSR count). The number of allylic oxidation sites excluding steroid dienone is 4. The Morgan fingerprint density at radius 2 is 1.27 bits per heavy atom. The van der Waals surface area contributed by atoms with Crippen molar-refractivity contribution in [2.24, 2.45) is 0 Å². The summed E-state index contributed by atoms with van der Waals surface area (Å²) in [5, 5.41) is 5.42. The van der Waals surface area contributed by atoms with Crippen molar-refractivity contribution in [3.8, 4) is 33.4 Å². The fourth-order valence-electron chi connectivity index (χ4n) is 12.0. The molecule has 0 amide bonds. The zero-order chi connectivity index (χ0) is 41.2. The van der Waals surface area contributed by atoms with Crippen LogP contribution in [-0.2, 0) is 11.8 Å². The third kappa shape index (κ3) is 5.89. The van der Waals surface area contributed by atoms with E-state index in [2.05, 4.69) is 200 Å². The third-order valence-electron chi connectivity index (χ3n) is 14.7. The molecule has 1 nitrogen and oxygen atoms in total. The van der Waals surface area contributed by atoms with E-state index < -0.39 is 0 Å². The molecule has 0 N–H and O–H groups in total. The van der Waals surface area contributed by atoms with E-state index in [1.165, 1.54) is 132 Å². The van der Waals surface area contributed by atoms with Crippen molar-refractivity contribution in [2.75, 3.05) is 4.90 Å². The molecule has 0 aliphatic heterocycles. The molecule has 0 aromatic heterocycles. The highest BCUT2D eigenvalue weighted by Crippen LogP contribution is 2.57. The number of benzene rings is 8. The Morgan fingerprint density at radius 3 is 2.05 bits per heavy atom. The second kappa shape index (κ2) is 15.0. The molecule has 4 aliphatic rings. The maximum Gasteiger partial charge on any atom is 0.0566 e. The van der Waals surface area contributed by atoms with E-state index in [1.807, 2.05) is 0 Å². The zero-order valence-corrected chi connectivity index (χ0v) is 35.6.